The van der Waals surface area contributed by atoms with Crippen LogP contribution in [-0.4, -0.2) is 27.9 Å². The van der Waals surface area contributed by atoms with Gasteiger partial charge >= 0.3 is 12.0 Å². The molecule has 144 valence electrons. The molecule has 1 saturated heterocycles. The minimum Gasteiger partial charge on any atom is -0.478 e. The van der Waals surface area contributed by atoms with Crippen LogP contribution in [0.15, 0.2) is 76.8 Å². The fourth-order valence-electron chi connectivity index (χ4n) is 3.01. The number of rotatable bonds is 5. The quantitative estimate of drug-likeness (QED) is 0.512. The number of hydrogen-bond acceptors (Lipinski definition) is 4. The third-order valence-corrected chi connectivity index (χ3v) is 4.45. The SMILES string of the molecule is O=C(O)c1cccc(-c2ccc(/C=C3/NC(=O)N(Cc4ccccc4)C3=O)o2)c1. The Morgan fingerprint density at radius 3 is 2.59 bits per heavy atom. The zero-order valence-corrected chi connectivity index (χ0v) is 15.2. The molecule has 3 amide bonds. The van der Waals surface area contributed by atoms with E-state index >= 15 is 0 Å². The highest BCUT2D eigenvalue weighted by Crippen LogP contribution is 2.25. The first-order chi connectivity index (χ1) is 14.0. The van der Waals surface area contributed by atoms with Gasteiger partial charge in [-0.2, -0.15) is 0 Å². The van der Waals surface area contributed by atoms with Gasteiger partial charge in [-0.15, -0.1) is 0 Å². The number of carbonyl (C=O) groups is 3. The molecule has 1 aromatic heterocycles. The van der Waals surface area contributed by atoms with Gasteiger partial charge in [0.15, 0.2) is 0 Å². The zero-order chi connectivity index (χ0) is 20.4. The molecule has 3 aromatic rings. The van der Waals surface area contributed by atoms with Crippen LogP contribution in [0.25, 0.3) is 17.4 Å². The normalized spacial score (nSPS) is 15.0. The molecule has 0 bridgehead atoms. The summed E-state index contributed by atoms with van der Waals surface area (Å²) in [5.74, 6) is -0.646. The Hall–Kier alpha value is -4.13. The molecule has 0 radical (unpaired) electrons. The first-order valence-electron chi connectivity index (χ1n) is 8.83. The second-order valence-electron chi connectivity index (χ2n) is 6.45. The molecule has 0 atom stereocenters. The van der Waals surface area contributed by atoms with Gasteiger partial charge in [0.2, 0.25) is 0 Å². The summed E-state index contributed by atoms with van der Waals surface area (Å²) in [6.45, 7) is 0.175. The van der Waals surface area contributed by atoms with Crippen molar-refractivity contribution in [3.05, 3.63) is 89.3 Å². The van der Waals surface area contributed by atoms with Gasteiger partial charge in [-0.1, -0.05) is 42.5 Å². The number of carboxylic acids is 1. The Morgan fingerprint density at radius 2 is 1.83 bits per heavy atom. The smallest absolute Gasteiger partial charge is 0.335 e. The maximum absolute atomic E-state index is 12.6. The molecule has 7 nitrogen and oxygen atoms in total. The van der Waals surface area contributed by atoms with E-state index in [-0.39, 0.29) is 17.8 Å². The molecule has 0 unspecified atom stereocenters. The standard InChI is InChI=1S/C22H16N2O5/c25-20-18(23-22(28)24(20)13-14-5-2-1-3-6-14)12-17-9-10-19(29-17)15-7-4-8-16(11-15)21(26)27/h1-12H,13H2,(H,23,28)(H,26,27)/b18-12+. The number of imide groups is 1. The van der Waals surface area contributed by atoms with Crippen LogP contribution in [0.4, 0.5) is 4.79 Å². The number of benzene rings is 2. The van der Waals surface area contributed by atoms with Crippen LogP contribution < -0.4 is 5.32 Å². The van der Waals surface area contributed by atoms with E-state index in [2.05, 4.69) is 5.32 Å². The topological polar surface area (TPSA) is 99.9 Å². The van der Waals surface area contributed by atoms with Crippen molar-refractivity contribution in [1.29, 1.82) is 0 Å². The van der Waals surface area contributed by atoms with Crippen LogP contribution in [-0.2, 0) is 11.3 Å². The summed E-state index contributed by atoms with van der Waals surface area (Å²) in [6, 6.07) is 18.4. The van der Waals surface area contributed by atoms with E-state index in [4.69, 9.17) is 9.52 Å². The van der Waals surface area contributed by atoms with Gasteiger partial charge in [0.25, 0.3) is 5.91 Å². The average Bonchev–Trinajstić information content (AvgIpc) is 3.29. The summed E-state index contributed by atoms with van der Waals surface area (Å²) in [5.41, 5.74) is 1.71. The van der Waals surface area contributed by atoms with Gasteiger partial charge in [-0.25, -0.2) is 9.59 Å². The van der Waals surface area contributed by atoms with E-state index in [0.29, 0.717) is 17.1 Å². The second-order valence-corrected chi connectivity index (χ2v) is 6.45. The second kappa shape index (κ2) is 7.47. The molecule has 1 aliphatic heterocycles. The first-order valence-corrected chi connectivity index (χ1v) is 8.83. The molecule has 0 saturated carbocycles. The summed E-state index contributed by atoms with van der Waals surface area (Å²) < 4.78 is 5.71. The highest BCUT2D eigenvalue weighted by Gasteiger charge is 2.33. The number of carbonyl (C=O) groups excluding carboxylic acids is 2. The largest absolute Gasteiger partial charge is 0.478 e. The van der Waals surface area contributed by atoms with Crippen molar-refractivity contribution in [2.45, 2.75) is 6.54 Å². The molecule has 2 aromatic carbocycles. The first kappa shape index (κ1) is 18.2. The Bertz CT molecular complexity index is 1130. The summed E-state index contributed by atoms with van der Waals surface area (Å²) in [6.07, 6.45) is 1.45. The monoisotopic (exact) mass is 388 g/mol. The Morgan fingerprint density at radius 1 is 1.03 bits per heavy atom. The number of hydrogen-bond donors (Lipinski definition) is 2. The van der Waals surface area contributed by atoms with Crippen molar-refractivity contribution in [3.63, 3.8) is 0 Å². The average molecular weight is 388 g/mol. The molecular weight excluding hydrogens is 372 g/mol. The van der Waals surface area contributed by atoms with E-state index in [1.807, 2.05) is 30.3 Å². The van der Waals surface area contributed by atoms with Crippen LogP contribution in [0.5, 0.6) is 0 Å². The van der Waals surface area contributed by atoms with Gasteiger partial charge in [-0.3, -0.25) is 9.69 Å². The van der Waals surface area contributed by atoms with Crippen molar-refractivity contribution in [3.8, 4) is 11.3 Å². The van der Waals surface area contributed by atoms with Gasteiger partial charge in [0.1, 0.15) is 17.2 Å². The molecule has 0 spiro atoms. The van der Waals surface area contributed by atoms with E-state index in [1.54, 1.807) is 24.3 Å². The highest BCUT2D eigenvalue weighted by molar-refractivity contribution is 6.13. The maximum Gasteiger partial charge on any atom is 0.335 e. The molecule has 2 heterocycles. The van der Waals surface area contributed by atoms with Gasteiger partial charge in [-0.05, 0) is 29.8 Å². The van der Waals surface area contributed by atoms with Crippen LogP contribution >= 0.6 is 0 Å². The number of aromatic carboxylic acids is 1. The lowest BCUT2D eigenvalue weighted by atomic mass is 10.1. The summed E-state index contributed by atoms with van der Waals surface area (Å²) >= 11 is 0. The Balaban J connectivity index is 1.55. The number of furan rings is 1. The van der Waals surface area contributed by atoms with E-state index in [9.17, 15) is 14.4 Å². The molecule has 29 heavy (non-hydrogen) atoms. The van der Waals surface area contributed by atoms with Crippen LogP contribution in [0.3, 0.4) is 0 Å². The summed E-state index contributed by atoms with van der Waals surface area (Å²) in [5, 5.41) is 11.7. The predicted molar refractivity (Wildman–Crippen MR) is 105 cm³/mol. The van der Waals surface area contributed by atoms with E-state index in [0.717, 1.165) is 10.5 Å². The van der Waals surface area contributed by atoms with Crippen molar-refractivity contribution in [2.75, 3.05) is 0 Å². The lowest BCUT2D eigenvalue weighted by Crippen LogP contribution is -2.30. The Labute approximate surface area is 165 Å². The number of carboxylic acid groups (broad SMARTS) is 1. The van der Waals surface area contributed by atoms with Gasteiger partial charge in [0.05, 0.1) is 12.1 Å². The van der Waals surface area contributed by atoms with E-state index in [1.165, 1.54) is 18.2 Å². The third kappa shape index (κ3) is 3.79. The molecular formula is C22H16N2O5. The maximum atomic E-state index is 12.6. The van der Waals surface area contributed by atoms with Crippen molar-refractivity contribution >= 4 is 24.0 Å². The highest BCUT2D eigenvalue weighted by atomic mass is 16.4. The summed E-state index contributed by atoms with van der Waals surface area (Å²) in [4.78, 5) is 37.0. The summed E-state index contributed by atoms with van der Waals surface area (Å²) in [7, 11) is 0. The Kier molecular flexibility index (Phi) is 4.70. The van der Waals surface area contributed by atoms with Gasteiger partial charge in [0, 0.05) is 11.6 Å². The lowest BCUT2D eigenvalue weighted by Gasteiger charge is -2.11. The zero-order valence-electron chi connectivity index (χ0n) is 15.2. The predicted octanol–water partition coefficient (Wildman–Crippen LogP) is 3.74. The van der Waals surface area contributed by atoms with Crippen LogP contribution in [0, 0.1) is 0 Å². The van der Waals surface area contributed by atoms with Crippen molar-refractivity contribution < 1.29 is 23.9 Å². The van der Waals surface area contributed by atoms with Gasteiger partial charge < -0.3 is 14.8 Å². The van der Waals surface area contributed by atoms with Crippen LogP contribution in [0.2, 0.25) is 0 Å². The molecule has 1 aliphatic rings. The molecule has 1 fully saturated rings. The molecule has 0 aliphatic carbocycles. The van der Waals surface area contributed by atoms with Crippen molar-refractivity contribution in [1.82, 2.24) is 10.2 Å². The number of amides is 3. The molecule has 7 heteroatoms. The fourth-order valence-corrected chi connectivity index (χ4v) is 3.01. The van der Waals surface area contributed by atoms with Crippen molar-refractivity contribution in [2.24, 2.45) is 0 Å². The lowest BCUT2D eigenvalue weighted by molar-refractivity contribution is -0.123. The van der Waals surface area contributed by atoms with E-state index < -0.39 is 17.9 Å². The van der Waals surface area contributed by atoms with Crippen LogP contribution in [0.1, 0.15) is 21.7 Å². The number of nitrogens with one attached hydrogen (secondary N) is 1. The number of nitrogens with zero attached hydrogens (tertiary/aromatic N) is 1. The fraction of sp³-hybridized carbons (Fsp3) is 0.0455. The number of urea groups is 1. The molecule has 4 rings (SSSR count). The minimum atomic E-state index is -1.03. The minimum absolute atomic E-state index is 0.117. The molecule has 2 N–H and O–H groups in total. The third-order valence-electron chi connectivity index (χ3n) is 4.45.